The number of nitrogens with zero attached hydrogens (tertiary/aromatic N) is 3. The van der Waals surface area contributed by atoms with E-state index in [0.717, 1.165) is 0 Å². The van der Waals surface area contributed by atoms with Gasteiger partial charge in [0.2, 0.25) is 17.7 Å². The van der Waals surface area contributed by atoms with Gasteiger partial charge in [-0.25, -0.2) is 0 Å². The molecular formula is C20H26N4O4. The lowest BCUT2D eigenvalue weighted by atomic mass is 9.98. The minimum atomic E-state index is -0.886. The molecule has 0 radical (unpaired) electrons. The number of carbonyl (C=O) groups excluding carboxylic acids is 4. The predicted molar refractivity (Wildman–Crippen MR) is 104 cm³/mol. The lowest BCUT2D eigenvalue weighted by Gasteiger charge is -2.48. The zero-order chi connectivity index (χ0) is 20.5. The molecule has 0 aromatic heterocycles. The van der Waals surface area contributed by atoms with Crippen LogP contribution in [0.15, 0.2) is 24.3 Å². The van der Waals surface area contributed by atoms with Gasteiger partial charge in [0.25, 0.3) is 5.91 Å². The van der Waals surface area contributed by atoms with Crippen LogP contribution >= 0.6 is 0 Å². The topological polar surface area (TPSA) is 90.0 Å². The van der Waals surface area contributed by atoms with Crippen LogP contribution in [0.1, 0.15) is 44.0 Å². The van der Waals surface area contributed by atoms with Gasteiger partial charge in [-0.3, -0.25) is 24.1 Å². The van der Waals surface area contributed by atoms with Gasteiger partial charge in [0.05, 0.1) is 17.8 Å². The van der Waals surface area contributed by atoms with Crippen LogP contribution in [0, 0.1) is 0 Å². The first kappa shape index (κ1) is 19.9. The minimum Gasteiger partial charge on any atom is -0.345 e. The highest BCUT2D eigenvalue weighted by Gasteiger charge is 2.53. The highest BCUT2D eigenvalue weighted by atomic mass is 16.2. The lowest BCUT2D eigenvalue weighted by molar-refractivity contribution is -0.133. The molecule has 2 heterocycles. The van der Waals surface area contributed by atoms with Crippen LogP contribution in [0.4, 0.5) is 5.69 Å². The van der Waals surface area contributed by atoms with Crippen LogP contribution in [0.3, 0.4) is 0 Å². The lowest BCUT2D eigenvalue weighted by Crippen LogP contribution is -2.64. The maximum Gasteiger partial charge on any atom is 0.258 e. The fourth-order valence-corrected chi connectivity index (χ4v) is 4.00. The van der Waals surface area contributed by atoms with Crippen molar-refractivity contribution in [1.82, 2.24) is 15.1 Å². The molecule has 0 bridgehead atoms. The van der Waals surface area contributed by atoms with E-state index in [1.54, 1.807) is 41.0 Å². The van der Waals surface area contributed by atoms with Gasteiger partial charge in [0.15, 0.2) is 0 Å². The molecule has 28 heavy (non-hydrogen) atoms. The van der Waals surface area contributed by atoms with Gasteiger partial charge < -0.3 is 15.1 Å². The van der Waals surface area contributed by atoms with Gasteiger partial charge in [-0.05, 0) is 39.3 Å². The summed E-state index contributed by atoms with van der Waals surface area (Å²) < 4.78 is 0. The van der Waals surface area contributed by atoms with E-state index >= 15 is 0 Å². The molecule has 1 unspecified atom stereocenters. The fraction of sp³-hybridized carbons (Fsp3) is 0.500. The summed E-state index contributed by atoms with van der Waals surface area (Å²) in [6.07, 6.45) is 0.772. The zero-order valence-electron chi connectivity index (χ0n) is 16.5. The third-order valence-electron chi connectivity index (χ3n) is 5.60. The molecule has 1 saturated heterocycles. The Morgan fingerprint density at radius 2 is 1.86 bits per heavy atom. The van der Waals surface area contributed by atoms with Crippen LogP contribution in [-0.4, -0.2) is 65.3 Å². The van der Waals surface area contributed by atoms with E-state index < -0.39 is 11.6 Å². The van der Waals surface area contributed by atoms with Crippen LogP contribution < -0.4 is 10.2 Å². The number of fused-ring (bicyclic) bond motifs is 3. The molecule has 0 spiro atoms. The van der Waals surface area contributed by atoms with E-state index in [-0.39, 0.29) is 30.8 Å². The monoisotopic (exact) mass is 386 g/mol. The summed E-state index contributed by atoms with van der Waals surface area (Å²) in [6, 6.07) is 6.95. The Kier molecular flexibility index (Phi) is 5.40. The van der Waals surface area contributed by atoms with Crippen molar-refractivity contribution in [3.8, 4) is 0 Å². The molecule has 1 aromatic carbocycles. The number of carbonyl (C=O) groups is 4. The number of benzene rings is 1. The van der Waals surface area contributed by atoms with Crippen LogP contribution in [-0.2, 0) is 14.4 Å². The third kappa shape index (κ3) is 3.23. The van der Waals surface area contributed by atoms with Gasteiger partial charge >= 0.3 is 0 Å². The molecule has 150 valence electrons. The van der Waals surface area contributed by atoms with Crippen LogP contribution in [0.25, 0.3) is 0 Å². The number of hydrogen-bond donors (Lipinski definition) is 1. The first-order chi connectivity index (χ1) is 13.3. The van der Waals surface area contributed by atoms with E-state index in [4.69, 9.17) is 0 Å². The van der Waals surface area contributed by atoms with Crippen molar-refractivity contribution in [2.75, 3.05) is 31.1 Å². The molecule has 1 atom stereocenters. The molecule has 4 amide bonds. The Balaban J connectivity index is 1.78. The van der Waals surface area contributed by atoms with E-state index in [9.17, 15) is 19.2 Å². The number of hydrogen-bond acceptors (Lipinski definition) is 4. The van der Waals surface area contributed by atoms with Crippen molar-refractivity contribution in [1.29, 1.82) is 0 Å². The molecule has 8 nitrogen and oxygen atoms in total. The summed E-state index contributed by atoms with van der Waals surface area (Å²) in [5.41, 5.74) is 0.107. The van der Waals surface area contributed by atoms with Crippen LogP contribution in [0.2, 0.25) is 0 Å². The second kappa shape index (κ2) is 7.61. The SMILES string of the molecule is CCN(CC)C(=O)CNC(=O)CN1C(=O)c2ccccc2N2C(=O)CCC12C. The quantitative estimate of drug-likeness (QED) is 0.789. The molecule has 2 aliphatic rings. The fourth-order valence-electron chi connectivity index (χ4n) is 4.00. The number of rotatable bonds is 6. The normalized spacial score (nSPS) is 20.7. The molecule has 0 aliphatic carbocycles. The smallest absolute Gasteiger partial charge is 0.258 e. The molecule has 1 N–H and O–H groups in total. The number of para-hydroxylation sites is 1. The second-order valence-electron chi connectivity index (χ2n) is 7.20. The van der Waals surface area contributed by atoms with E-state index in [2.05, 4.69) is 5.32 Å². The first-order valence-corrected chi connectivity index (χ1v) is 9.62. The van der Waals surface area contributed by atoms with Crippen molar-refractivity contribution in [3.63, 3.8) is 0 Å². The van der Waals surface area contributed by atoms with Gasteiger partial charge in [0.1, 0.15) is 12.2 Å². The zero-order valence-corrected chi connectivity index (χ0v) is 16.5. The Bertz CT molecular complexity index is 820. The molecule has 1 aromatic rings. The van der Waals surface area contributed by atoms with E-state index in [1.165, 1.54) is 4.90 Å². The summed E-state index contributed by atoms with van der Waals surface area (Å²) in [5.74, 6) is -0.940. The maximum atomic E-state index is 13.1. The molecular weight excluding hydrogens is 360 g/mol. The third-order valence-corrected chi connectivity index (χ3v) is 5.60. The van der Waals surface area contributed by atoms with Crippen LogP contribution in [0.5, 0.6) is 0 Å². The number of nitrogens with one attached hydrogen (secondary N) is 1. The van der Waals surface area contributed by atoms with E-state index in [0.29, 0.717) is 37.2 Å². The van der Waals surface area contributed by atoms with Crippen molar-refractivity contribution in [2.45, 2.75) is 39.3 Å². The Labute approximate surface area is 164 Å². The van der Waals surface area contributed by atoms with E-state index in [1.807, 2.05) is 13.8 Å². The van der Waals surface area contributed by atoms with Crippen molar-refractivity contribution >= 4 is 29.3 Å². The molecule has 3 rings (SSSR count). The minimum absolute atomic E-state index is 0.0652. The first-order valence-electron chi connectivity index (χ1n) is 9.62. The molecule has 1 fully saturated rings. The van der Waals surface area contributed by atoms with Gasteiger partial charge in [-0.2, -0.15) is 0 Å². The van der Waals surface area contributed by atoms with Gasteiger partial charge in [0, 0.05) is 19.5 Å². The van der Waals surface area contributed by atoms with Crippen molar-refractivity contribution < 1.29 is 19.2 Å². The average molecular weight is 386 g/mol. The standard InChI is InChI=1S/C20H26N4O4/c1-4-22(5-2)18(27)12-21-16(25)13-23-19(28)14-8-6-7-9-15(14)24-17(26)10-11-20(23,24)3/h6-9H,4-5,10-13H2,1-3H3,(H,21,25). The summed E-state index contributed by atoms with van der Waals surface area (Å²) >= 11 is 0. The number of likely N-dealkylation sites (N-methyl/N-ethyl adjacent to an activating group) is 1. The Hall–Kier alpha value is -2.90. The molecule has 0 saturated carbocycles. The highest BCUT2D eigenvalue weighted by Crippen LogP contribution is 2.43. The van der Waals surface area contributed by atoms with Crippen molar-refractivity contribution in [2.24, 2.45) is 0 Å². The maximum absolute atomic E-state index is 13.1. The summed E-state index contributed by atoms with van der Waals surface area (Å²) in [4.78, 5) is 54.9. The van der Waals surface area contributed by atoms with Gasteiger partial charge in [-0.1, -0.05) is 12.1 Å². The Morgan fingerprint density at radius 1 is 1.18 bits per heavy atom. The van der Waals surface area contributed by atoms with Crippen molar-refractivity contribution in [3.05, 3.63) is 29.8 Å². The molecule has 8 heteroatoms. The number of amides is 4. The Morgan fingerprint density at radius 3 is 2.54 bits per heavy atom. The molecule has 2 aliphatic heterocycles. The number of anilines is 1. The largest absolute Gasteiger partial charge is 0.345 e. The summed E-state index contributed by atoms with van der Waals surface area (Å²) in [5, 5.41) is 2.60. The summed E-state index contributed by atoms with van der Waals surface area (Å²) in [6.45, 7) is 6.38. The van der Waals surface area contributed by atoms with Gasteiger partial charge in [-0.15, -0.1) is 0 Å². The average Bonchev–Trinajstić information content (AvgIpc) is 3.00. The second-order valence-corrected chi connectivity index (χ2v) is 7.20. The predicted octanol–water partition coefficient (Wildman–Crippen LogP) is 0.970. The highest BCUT2D eigenvalue weighted by molar-refractivity contribution is 6.11. The summed E-state index contributed by atoms with van der Waals surface area (Å²) in [7, 11) is 0.